The van der Waals surface area contributed by atoms with Gasteiger partial charge in [-0.25, -0.2) is 8.42 Å². The molecule has 0 fully saturated rings. The highest BCUT2D eigenvalue weighted by Gasteiger charge is 2.33. The van der Waals surface area contributed by atoms with Crippen LogP contribution in [0.2, 0.25) is 0 Å². The van der Waals surface area contributed by atoms with Crippen LogP contribution in [-0.4, -0.2) is 64.2 Å². The van der Waals surface area contributed by atoms with Gasteiger partial charge in [-0.3, -0.25) is 13.9 Å². The Morgan fingerprint density at radius 2 is 1.73 bits per heavy atom. The van der Waals surface area contributed by atoms with Gasteiger partial charge >= 0.3 is 0 Å². The molecule has 0 heterocycles. The molecule has 1 N–H and O–H groups in total. The number of aryl methyl sites for hydroxylation is 1. The number of carbonyl (C=O) groups excluding carboxylic acids is 2. The lowest BCUT2D eigenvalue weighted by Crippen LogP contribution is -2.53. The highest BCUT2D eigenvalue weighted by atomic mass is 32.2. The minimum absolute atomic E-state index is 0.0700. The summed E-state index contributed by atoms with van der Waals surface area (Å²) in [5, 5.41) is 2.96. The lowest BCUT2D eigenvalue weighted by atomic mass is 10.1. The van der Waals surface area contributed by atoms with E-state index in [4.69, 9.17) is 9.47 Å². The van der Waals surface area contributed by atoms with Crippen molar-refractivity contribution in [1.82, 2.24) is 10.2 Å². The third-order valence-corrected chi connectivity index (χ3v) is 7.28. The summed E-state index contributed by atoms with van der Waals surface area (Å²) in [6.45, 7) is 7.12. The standard InChI is InChI=1S/C27H39N3O6S/c1-8-20(4)28-27(32)23(9-2)29(17-21-11-10-12-22(16-21)35-5)26(31)18-30(37(7,33)34)24-15-19(3)13-14-25(24)36-6/h10-16,20,23H,8-9,17-18H2,1-7H3,(H,28,32)/t20-,23+/m1/s1. The molecule has 0 saturated carbocycles. The SMILES string of the molecule is CC[C@@H](C)NC(=O)[C@H](CC)N(Cc1cccc(OC)c1)C(=O)CN(c1cc(C)ccc1OC)S(C)(=O)=O. The van der Waals surface area contributed by atoms with Gasteiger partial charge in [0.1, 0.15) is 24.1 Å². The smallest absolute Gasteiger partial charge is 0.244 e. The number of rotatable bonds is 13. The summed E-state index contributed by atoms with van der Waals surface area (Å²) in [6.07, 6.45) is 2.13. The van der Waals surface area contributed by atoms with Gasteiger partial charge in [0.25, 0.3) is 0 Å². The minimum Gasteiger partial charge on any atom is -0.497 e. The first-order valence-electron chi connectivity index (χ1n) is 12.3. The molecule has 2 aromatic rings. The number of methoxy groups -OCH3 is 2. The molecule has 204 valence electrons. The molecule has 0 spiro atoms. The van der Waals surface area contributed by atoms with E-state index >= 15 is 0 Å². The predicted molar refractivity (Wildman–Crippen MR) is 145 cm³/mol. The molecule has 0 saturated heterocycles. The molecule has 0 aromatic heterocycles. The monoisotopic (exact) mass is 533 g/mol. The van der Waals surface area contributed by atoms with Crippen molar-refractivity contribution >= 4 is 27.5 Å². The van der Waals surface area contributed by atoms with Crippen LogP contribution in [0.25, 0.3) is 0 Å². The van der Waals surface area contributed by atoms with Crippen LogP contribution in [0.4, 0.5) is 5.69 Å². The fraction of sp³-hybridized carbons (Fsp3) is 0.481. The summed E-state index contributed by atoms with van der Waals surface area (Å²) in [6, 6.07) is 11.5. The largest absolute Gasteiger partial charge is 0.497 e. The molecule has 2 amide bonds. The summed E-state index contributed by atoms with van der Waals surface area (Å²) in [7, 11) is -0.876. The van der Waals surface area contributed by atoms with Crippen molar-refractivity contribution in [3.8, 4) is 11.5 Å². The zero-order valence-corrected chi connectivity index (χ0v) is 23.6. The molecule has 10 heteroatoms. The van der Waals surface area contributed by atoms with E-state index in [9.17, 15) is 18.0 Å². The third kappa shape index (κ3) is 8.11. The van der Waals surface area contributed by atoms with Crippen LogP contribution in [0.15, 0.2) is 42.5 Å². The first-order valence-corrected chi connectivity index (χ1v) is 14.1. The van der Waals surface area contributed by atoms with E-state index in [2.05, 4.69) is 5.32 Å². The molecule has 37 heavy (non-hydrogen) atoms. The number of amides is 2. The minimum atomic E-state index is -3.87. The van der Waals surface area contributed by atoms with Crippen molar-refractivity contribution in [3.05, 3.63) is 53.6 Å². The Bertz CT molecular complexity index is 1180. The molecule has 0 unspecified atom stereocenters. The van der Waals surface area contributed by atoms with E-state index in [1.807, 2.05) is 33.8 Å². The van der Waals surface area contributed by atoms with Crippen LogP contribution >= 0.6 is 0 Å². The van der Waals surface area contributed by atoms with Crippen LogP contribution in [0, 0.1) is 6.92 Å². The molecule has 0 aliphatic heterocycles. The molecule has 0 aliphatic rings. The maximum atomic E-state index is 13.8. The van der Waals surface area contributed by atoms with E-state index in [-0.39, 0.29) is 24.2 Å². The van der Waals surface area contributed by atoms with E-state index in [1.165, 1.54) is 12.0 Å². The quantitative estimate of drug-likeness (QED) is 0.423. The lowest BCUT2D eigenvalue weighted by Gasteiger charge is -2.33. The van der Waals surface area contributed by atoms with Gasteiger partial charge in [-0.05, 0) is 62.1 Å². The zero-order chi connectivity index (χ0) is 27.8. The number of hydrogen-bond acceptors (Lipinski definition) is 6. The Balaban J connectivity index is 2.53. The molecule has 2 atom stereocenters. The first kappa shape index (κ1) is 30.0. The Morgan fingerprint density at radius 3 is 2.30 bits per heavy atom. The van der Waals surface area contributed by atoms with Crippen LogP contribution in [0.3, 0.4) is 0 Å². The lowest BCUT2D eigenvalue weighted by molar-refractivity contribution is -0.140. The summed E-state index contributed by atoms with van der Waals surface area (Å²) >= 11 is 0. The molecular formula is C27H39N3O6S. The second-order valence-electron chi connectivity index (χ2n) is 9.06. The van der Waals surface area contributed by atoms with Gasteiger partial charge in [-0.1, -0.05) is 32.0 Å². The van der Waals surface area contributed by atoms with E-state index in [0.717, 1.165) is 28.1 Å². The van der Waals surface area contributed by atoms with Crippen molar-refractivity contribution in [2.75, 3.05) is 31.3 Å². The third-order valence-electron chi connectivity index (χ3n) is 6.16. The molecule has 0 radical (unpaired) electrons. The van der Waals surface area contributed by atoms with E-state index in [0.29, 0.717) is 17.9 Å². The summed E-state index contributed by atoms with van der Waals surface area (Å²) < 4.78 is 37.5. The van der Waals surface area contributed by atoms with Gasteiger partial charge in [0, 0.05) is 12.6 Å². The second-order valence-corrected chi connectivity index (χ2v) is 11.0. The van der Waals surface area contributed by atoms with Crippen LogP contribution in [-0.2, 0) is 26.2 Å². The number of hydrogen-bond donors (Lipinski definition) is 1. The van der Waals surface area contributed by atoms with Crippen molar-refractivity contribution in [2.45, 2.75) is 59.2 Å². The van der Waals surface area contributed by atoms with Gasteiger partial charge < -0.3 is 19.7 Å². The normalized spacial score (nSPS) is 12.8. The van der Waals surface area contributed by atoms with E-state index in [1.54, 1.807) is 43.5 Å². The molecule has 2 aromatic carbocycles. The summed E-state index contributed by atoms with van der Waals surface area (Å²) in [5.41, 5.74) is 1.82. The van der Waals surface area contributed by atoms with Crippen molar-refractivity contribution in [3.63, 3.8) is 0 Å². The second kappa shape index (κ2) is 13.3. The van der Waals surface area contributed by atoms with Crippen LogP contribution < -0.4 is 19.1 Å². The first-order chi connectivity index (χ1) is 17.4. The highest BCUT2D eigenvalue weighted by Crippen LogP contribution is 2.31. The van der Waals surface area contributed by atoms with Crippen molar-refractivity contribution < 1.29 is 27.5 Å². The van der Waals surface area contributed by atoms with Gasteiger partial charge in [-0.15, -0.1) is 0 Å². The fourth-order valence-corrected chi connectivity index (χ4v) is 4.76. The molecule has 0 aliphatic carbocycles. The Morgan fingerprint density at radius 1 is 1.03 bits per heavy atom. The number of anilines is 1. The summed E-state index contributed by atoms with van der Waals surface area (Å²) in [4.78, 5) is 28.5. The Kier molecular flexibility index (Phi) is 10.8. The fourth-order valence-electron chi connectivity index (χ4n) is 3.92. The zero-order valence-electron chi connectivity index (χ0n) is 22.8. The molecule has 0 bridgehead atoms. The maximum Gasteiger partial charge on any atom is 0.244 e. The number of sulfonamides is 1. The van der Waals surface area contributed by atoms with E-state index < -0.39 is 28.5 Å². The predicted octanol–water partition coefficient (Wildman–Crippen LogP) is 3.50. The highest BCUT2D eigenvalue weighted by molar-refractivity contribution is 7.92. The average Bonchev–Trinajstić information content (AvgIpc) is 2.86. The van der Waals surface area contributed by atoms with Crippen LogP contribution in [0.1, 0.15) is 44.7 Å². The number of nitrogens with zero attached hydrogens (tertiary/aromatic N) is 2. The average molecular weight is 534 g/mol. The van der Waals surface area contributed by atoms with Gasteiger partial charge in [0.05, 0.1) is 26.2 Å². The van der Waals surface area contributed by atoms with Crippen LogP contribution in [0.5, 0.6) is 11.5 Å². The molecular weight excluding hydrogens is 494 g/mol. The number of ether oxygens (including phenoxy) is 2. The number of benzene rings is 2. The molecule has 2 rings (SSSR count). The Hall–Kier alpha value is -3.27. The van der Waals surface area contributed by atoms with Gasteiger partial charge in [0.2, 0.25) is 21.8 Å². The van der Waals surface area contributed by atoms with Crippen molar-refractivity contribution in [1.29, 1.82) is 0 Å². The van der Waals surface area contributed by atoms with Gasteiger partial charge in [-0.2, -0.15) is 0 Å². The summed E-state index contributed by atoms with van der Waals surface area (Å²) in [5.74, 6) is 0.143. The van der Waals surface area contributed by atoms with Gasteiger partial charge in [0.15, 0.2) is 0 Å². The number of nitrogens with one attached hydrogen (secondary N) is 1. The topological polar surface area (TPSA) is 105 Å². The number of carbonyl (C=O) groups is 2. The maximum absolute atomic E-state index is 13.8. The van der Waals surface area contributed by atoms with Crippen molar-refractivity contribution in [2.24, 2.45) is 0 Å². The molecule has 9 nitrogen and oxygen atoms in total. The Labute approximate surface area is 220 Å².